The Bertz CT molecular complexity index is 444. The predicted octanol–water partition coefficient (Wildman–Crippen LogP) is 2.94. The minimum atomic E-state index is -0.969. The molecule has 0 aromatic rings. The molecule has 0 spiro atoms. The SMILES string of the molecule is CC/C=C/C/C=C/C/C=C/C(=O)OC(CC(=O)O)C[N+](C)(C)C. The number of ether oxygens (including phenoxy) is 1. The van der Waals surface area contributed by atoms with Crippen molar-refractivity contribution in [3.8, 4) is 0 Å². The molecule has 0 rings (SSSR count). The van der Waals surface area contributed by atoms with Crippen LogP contribution >= 0.6 is 0 Å². The molecule has 1 atom stereocenters. The Kier molecular flexibility index (Phi) is 10.7. The van der Waals surface area contributed by atoms with Crippen LogP contribution < -0.4 is 0 Å². The molecule has 0 heterocycles. The van der Waals surface area contributed by atoms with Gasteiger partial charge in [0.1, 0.15) is 6.54 Å². The van der Waals surface area contributed by atoms with Gasteiger partial charge in [-0.3, -0.25) is 4.79 Å². The van der Waals surface area contributed by atoms with Crippen molar-refractivity contribution in [1.29, 1.82) is 0 Å². The first-order valence-corrected chi connectivity index (χ1v) is 7.94. The number of likely N-dealkylation sites (N-methyl/N-ethyl adjacent to an activating group) is 1. The van der Waals surface area contributed by atoms with Gasteiger partial charge in [-0.05, 0) is 19.3 Å². The average Bonchev–Trinajstić information content (AvgIpc) is 2.39. The van der Waals surface area contributed by atoms with Crippen LogP contribution in [-0.4, -0.2) is 55.3 Å². The molecule has 0 aromatic heterocycles. The lowest BCUT2D eigenvalue weighted by molar-refractivity contribution is -0.873. The maximum Gasteiger partial charge on any atom is 0.330 e. The minimum absolute atomic E-state index is 0.182. The molecule has 0 fully saturated rings. The number of hydrogen-bond donors (Lipinski definition) is 1. The summed E-state index contributed by atoms with van der Waals surface area (Å²) in [5, 5.41) is 8.90. The van der Waals surface area contributed by atoms with Gasteiger partial charge < -0.3 is 14.3 Å². The number of carboxylic acid groups (broad SMARTS) is 1. The van der Waals surface area contributed by atoms with Gasteiger partial charge in [0.15, 0.2) is 6.10 Å². The molecular formula is C18H30NO4+. The second-order valence-corrected chi connectivity index (χ2v) is 6.35. The summed E-state index contributed by atoms with van der Waals surface area (Å²) in [4.78, 5) is 22.6. The number of esters is 1. The van der Waals surface area contributed by atoms with Crippen LogP contribution in [-0.2, 0) is 14.3 Å². The van der Waals surface area contributed by atoms with Crippen LogP contribution in [0.25, 0.3) is 0 Å². The Hall–Kier alpha value is -1.88. The second-order valence-electron chi connectivity index (χ2n) is 6.35. The van der Waals surface area contributed by atoms with E-state index in [4.69, 9.17) is 9.84 Å². The van der Waals surface area contributed by atoms with Crippen molar-refractivity contribution in [2.45, 2.75) is 38.7 Å². The fourth-order valence-electron chi connectivity index (χ4n) is 1.93. The summed E-state index contributed by atoms with van der Waals surface area (Å²) >= 11 is 0. The quantitative estimate of drug-likeness (QED) is 0.275. The van der Waals surface area contributed by atoms with Crippen molar-refractivity contribution in [2.75, 3.05) is 27.7 Å². The molecule has 1 unspecified atom stereocenters. The number of carbonyl (C=O) groups excluding carboxylic acids is 1. The second kappa shape index (κ2) is 11.7. The van der Waals surface area contributed by atoms with Gasteiger partial charge in [-0.1, -0.05) is 37.3 Å². The topological polar surface area (TPSA) is 63.6 Å². The van der Waals surface area contributed by atoms with Crippen molar-refractivity contribution in [3.05, 3.63) is 36.5 Å². The molecule has 1 N–H and O–H groups in total. The molecule has 0 radical (unpaired) electrons. The minimum Gasteiger partial charge on any atom is -0.481 e. The zero-order valence-corrected chi connectivity index (χ0v) is 14.7. The molecule has 5 heteroatoms. The first-order valence-electron chi connectivity index (χ1n) is 7.94. The lowest BCUT2D eigenvalue weighted by Gasteiger charge is -2.28. The Labute approximate surface area is 139 Å². The number of nitrogens with zero attached hydrogens (tertiary/aromatic N) is 1. The van der Waals surface area contributed by atoms with Gasteiger partial charge in [0.25, 0.3) is 0 Å². The summed E-state index contributed by atoms with van der Waals surface area (Å²) in [6.07, 6.45) is 13.0. The van der Waals surface area contributed by atoms with Gasteiger partial charge in [-0.25, -0.2) is 4.79 Å². The van der Waals surface area contributed by atoms with E-state index in [1.165, 1.54) is 6.08 Å². The Morgan fingerprint density at radius 1 is 1.04 bits per heavy atom. The van der Waals surface area contributed by atoms with Gasteiger partial charge in [0.05, 0.1) is 27.6 Å². The van der Waals surface area contributed by atoms with Crippen molar-refractivity contribution >= 4 is 11.9 Å². The lowest BCUT2D eigenvalue weighted by atomic mass is 10.2. The summed E-state index contributed by atoms with van der Waals surface area (Å²) in [5.41, 5.74) is 0. The van der Waals surface area contributed by atoms with Gasteiger partial charge >= 0.3 is 11.9 Å². The standard InChI is InChI=1S/C18H29NO4/c1-5-6-7-8-9-10-11-12-13-18(22)23-16(14-17(20)21)15-19(2,3)4/h6-7,9-10,12-13,16H,5,8,11,14-15H2,1-4H3/p+1/b7-6+,10-9+,13-12+. The number of allylic oxidation sites excluding steroid dienone is 5. The number of rotatable bonds is 11. The molecular weight excluding hydrogens is 294 g/mol. The van der Waals surface area contributed by atoms with Crippen LogP contribution in [0.4, 0.5) is 0 Å². The molecule has 0 saturated heterocycles. The number of quaternary nitrogens is 1. The van der Waals surface area contributed by atoms with Crippen molar-refractivity contribution in [1.82, 2.24) is 0 Å². The van der Waals surface area contributed by atoms with E-state index in [0.717, 1.165) is 12.8 Å². The molecule has 5 nitrogen and oxygen atoms in total. The highest BCUT2D eigenvalue weighted by atomic mass is 16.5. The maximum absolute atomic E-state index is 11.8. The molecule has 0 aliphatic heterocycles. The van der Waals surface area contributed by atoms with E-state index in [-0.39, 0.29) is 6.42 Å². The summed E-state index contributed by atoms with van der Waals surface area (Å²) < 4.78 is 5.77. The first kappa shape index (κ1) is 21.1. The van der Waals surface area contributed by atoms with Crippen LogP contribution in [0.15, 0.2) is 36.5 Å². The van der Waals surface area contributed by atoms with Crippen LogP contribution in [0.2, 0.25) is 0 Å². The Balaban J connectivity index is 4.27. The van der Waals surface area contributed by atoms with E-state index in [2.05, 4.69) is 19.1 Å². The summed E-state index contributed by atoms with van der Waals surface area (Å²) in [5.74, 6) is -1.47. The van der Waals surface area contributed by atoms with E-state index in [1.54, 1.807) is 6.08 Å². The zero-order valence-electron chi connectivity index (χ0n) is 14.7. The van der Waals surface area contributed by atoms with E-state index < -0.39 is 18.0 Å². The van der Waals surface area contributed by atoms with E-state index in [9.17, 15) is 9.59 Å². The third-order valence-corrected chi connectivity index (χ3v) is 2.80. The highest BCUT2D eigenvalue weighted by Crippen LogP contribution is 2.06. The van der Waals surface area contributed by atoms with E-state index in [0.29, 0.717) is 17.4 Å². The molecule has 0 amide bonds. The van der Waals surface area contributed by atoms with E-state index in [1.807, 2.05) is 33.3 Å². The third-order valence-electron chi connectivity index (χ3n) is 2.80. The summed E-state index contributed by atoms with van der Waals surface area (Å²) in [6.45, 7) is 2.54. The zero-order chi connectivity index (χ0) is 17.7. The van der Waals surface area contributed by atoms with Gasteiger partial charge in [-0.15, -0.1) is 0 Å². The molecule has 0 aliphatic rings. The van der Waals surface area contributed by atoms with Crippen LogP contribution in [0.5, 0.6) is 0 Å². The predicted molar refractivity (Wildman–Crippen MR) is 92.0 cm³/mol. The number of hydrogen-bond acceptors (Lipinski definition) is 3. The lowest BCUT2D eigenvalue weighted by Crippen LogP contribution is -2.43. The van der Waals surface area contributed by atoms with Crippen LogP contribution in [0, 0.1) is 0 Å². The van der Waals surface area contributed by atoms with Crippen molar-refractivity contribution < 1.29 is 23.9 Å². The summed E-state index contributed by atoms with van der Waals surface area (Å²) in [6, 6.07) is 0. The van der Waals surface area contributed by atoms with Gasteiger partial charge in [-0.2, -0.15) is 0 Å². The first-order chi connectivity index (χ1) is 10.7. The van der Waals surface area contributed by atoms with Crippen molar-refractivity contribution in [3.63, 3.8) is 0 Å². The Morgan fingerprint density at radius 2 is 1.61 bits per heavy atom. The molecule has 23 heavy (non-hydrogen) atoms. The fraction of sp³-hybridized carbons (Fsp3) is 0.556. The maximum atomic E-state index is 11.8. The third kappa shape index (κ3) is 14.8. The number of aliphatic carboxylic acids is 1. The highest BCUT2D eigenvalue weighted by molar-refractivity contribution is 5.82. The monoisotopic (exact) mass is 324 g/mol. The average molecular weight is 324 g/mol. The van der Waals surface area contributed by atoms with Gasteiger partial charge in [0, 0.05) is 6.08 Å². The van der Waals surface area contributed by atoms with Crippen LogP contribution in [0.1, 0.15) is 32.6 Å². The molecule has 0 aromatic carbocycles. The molecule has 0 bridgehead atoms. The highest BCUT2D eigenvalue weighted by Gasteiger charge is 2.23. The Morgan fingerprint density at radius 3 is 2.13 bits per heavy atom. The van der Waals surface area contributed by atoms with E-state index >= 15 is 0 Å². The fourth-order valence-corrected chi connectivity index (χ4v) is 1.93. The number of carbonyl (C=O) groups is 2. The number of carboxylic acids is 1. The van der Waals surface area contributed by atoms with Crippen LogP contribution in [0.3, 0.4) is 0 Å². The largest absolute Gasteiger partial charge is 0.481 e. The van der Waals surface area contributed by atoms with Crippen molar-refractivity contribution in [2.24, 2.45) is 0 Å². The summed E-state index contributed by atoms with van der Waals surface area (Å²) in [7, 11) is 5.78. The smallest absolute Gasteiger partial charge is 0.330 e. The normalized spacial score (nSPS) is 13.9. The molecule has 130 valence electrons. The molecule has 0 aliphatic carbocycles. The molecule has 0 saturated carbocycles. The van der Waals surface area contributed by atoms with Gasteiger partial charge in [0.2, 0.25) is 0 Å².